The highest BCUT2D eigenvalue weighted by Gasteiger charge is 2.19. The summed E-state index contributed by atoms with van der Waals surface area (Å²) in [6.45, 7) is 0. The van der Waals surface area contributed by atoms with Gasteiger partial charge >= 0.3 is 0 Å². The molecule has 0 N–H and O–H groups in total. The Kier molecular flexibility index (Phi) is 5.42. The Balaban J connectivity index is 2.34. The van der Waals surface area contributed by atoms with Crippen molar-refractivity contribution in [2.75, 3.05) is 5.88 Å². The van der Waals surface area contributed by atoms with Crippen LogP contribution in [0.15, 0.2) is 40.9 Å². The molecule has 0 bridgehead atoms. The topological polar surface area (TPSA) is 0 Å². The highest BCUT2D eigenvalue weighted by atomic mass is 79.9. The van der Waals surface area contributed by atoms with Crippen LogP contribution in [0.1, 0.15) is 17.0 Å². The lowest BCUT2D eigenvalue weighted by molar-refractivity contribution is 0.540. The van der Waals surface area contributed by atoms with Crippen LogP contribution in [0.3, 0.4) is 0 Å². The molecule has 1 atom stereocenters. The van der Waals surface area contributed by atoms with Gasteiger partial charge in [-0.3, -0.25) is 0 Å². The third-order valence-corrected chi connectivity index (χ3v) is 4.32. The zero-order chi connectivity index (χ0) is 14.7. The maximum absolute atomic E-state index is 14.0. The van der Waals surface area contributed by atoms with Crippen molar-refractivity contribution in [1.29, 1.82) is 0 Å². The first-order valence-electron chi connectivity index (χ1n) is 5.96. The zero-order valence-electron chi connectivity index (χ0n) is 10.3. The van der Waals surface area contributed by atoms with Crippen molar-refractivity contribution in [3.63, 3.8) is 0 Å². The molecule has 20 heavy (non-hydrogen) atoms. The third kappa shape index (κ3) is 3.51. The van der Waals surface area contributed by atoms with Crippen LogP contribution < -0.4 is 0 Å². The Labute approximate surface area is 134 Å². The van der Waals surface area contributed by atoms with E-state index in [1.54, 1.807) is 18.2 Å². The van der Waals surface area contributed by atoms with Crippen LogP contribution in [0.5, 0.6) is 0 Å². The van der Waals surface area contributed by atoms with Crippen molar-refractivity contribution in [2.45, 2.75) is 12.3 Å². The van der Waals surface area contributed by atoms with Crippen molar-refractivity contribution < 1.29 is 8.78 Å². The van der Waals surface area contributed by atoms with E-state index in [9.17, 15) is 8.78 Å². The molecule has 0 saturated heterocycles. The monoisotopic (exact) mass is 378 g/mol. The maximum atomic E-state index is 14.0. The Morgan fingerprint density at radius 3 is 2.55 bits per heavy atom. The first-order chi connectivity index (χ1) is 9.52. The molecule has 0 fully saturated rings. The fourth-order valence-corrected chi connectivity index (χ4v) is 2.88. The zero-order valence-corrected chi connectivity index (χ0v) is 13.4. The number of halogens is 5. The van der Waals surface area contributed by atoms with Crippen molar-refractivity contribution in [3.8, 4) is 0 Å². The van der Waals surface area contributed by atoms with Crippen molar-refractivity contribution in [1.82, 2.24) is 0 Å². The van der Waals surface area contributed by atoms with Gasteiger partial charge in [0.05, 0.1) is 4.47 Å². The predicted molar refractivity (Wildman–Crippen MR) is 82.7 cm³/mol. The van der Waals surface area contributed by atoms with E-state index in [2.05, 4.69) is 15.9 Å². The van der Waals surface area contributed by atoms with E-state index in [0.29, 0.717) is 5.02 Å². The van der Waals surface area contributed by atoms with Gasteiger partial charge < -0.3 is 0 Å². The van der Waals surface area contributed by atoms with E-state index >= 15 is 0 Å². The Morgan fingerprint density at radius 2 is 1.90 bits per heavy atom. The summed E-state index contributed by atoms with van der Waals surface area (Å²) in [7, 11) is 0. The molecule has 0 amide bonds. The van der Waals surface area contributed by atoms with Crippen LogP contribution in [-0.2, 0) is 6.42 Å². The quantitative estimate of drug-likeness (QED) is 0.455. The fraction of sp³-hybridized carbons (Fsp3) is 0.200. The minimum atomic E-state index is -0.581. The molecule has 0 heterocycles. The molecule has 2 aromatic rings. The molecular weight excluding hydrogens is 369 g/mol. The second kappa shape index (κ2) is 6.88. The van der Waals surface area contributed by atoms with Gasteiger partial charge in [0.25, 0.3) is 0 Å². The van der Waals surface area contributed by atoms with Gasteiger partial charge in [-0.05, 0) is 52.2 Å². The van der Waals surface area contributed by atoms with Crippen molar-refractivity contribution in [2.24, 2.45) is 0 Å². The summed E-state index contributed by atoms with van der Waals surface area (Å²) in [4.78, 5) is 0. The molecule has 0 aromatic heterocycles. The normalized spacial score (nSPS) is 12.4. The van der Waals surface area contributed by atoms with Crippen molar-refractivity contribution >= 4 is 39.1 Å². The van der Waals surface area contributed by atoms with Gasteiger partial charge in [0.2, 0.25) is 0 Å². The Bertz CT molecular complexity index is 617. The van der Waals surface area contributed by atoms with Gasteiger partial charge in [0.1, 0.15) is 11.6 Å². The first kappa shape index (κ1) is 15.7. The van der Waals surface area contributed by atoms with E-state index in [1.807, 2.05) is 6.07 Å². The minimum absolute atomic E-state index is 0.0324. The molecule has 106 valence electrons. The fourth-order valence-electron chi connectivity index (χ4n) is 2.02. The van der Waals surface area contributed by atoms with Gasteiger partial charge in [0, 0.05) is 22.4 Å². The summed E-state index contributed by atoms with van der Waals surface area (Å²) >= 11 is 15.0. The van der Waals surface area contributed by atoms with Crippen LogP contribution >= 0.6 is 39.1 Å². The number of alkyl halides is 1. The number of hydrogen-bond donors (Lipinski definition) is 0. The lowest BCUT2D eigenvalue weighted by atomic mass is 9.93. The second-order valence-corrected chi connectivity index (χ2v) is 6.03. The molecule has 2 aromatic carbocycles. The van der Waals surface area contributed by atoms with Crippen LogP contribution in [0.4, 0.5) is 8.78 Å². The molecule has 0 aliphatic rings. The first-order valence-corrected chi connectivity index (χ1v) is 7.67. The second-order valence-electron chi connectivity index (χ2n) is 4.43. The van der Waals surface area contributed by atoms with E-state index < -0.39 is 11.6 Å². The summed E-state index contributed by atoms with van der Waals surface area (Å²) in [6.07, 6.45) is 0.181. The van der Waals surface area contributed by atoms with Gasteiger partial charge in [0.15, 0.2) is 0 Å². The highest BCUT2D eigenvalue weighted by molar-refractivity contribution is 9.10. The van der Waals surface area contributed by atoms with Crippen molar-refractivity contribution in [3.05, 3.63) is 68.7 Å². The number of hydrogen-bond acceptors (Lipinski definition) is 0. The largest absolute Gasteiger partial charge is 0.207 e. The summed E-state index contributed by atoms with van der Waals surface area (Å²) < 4.78 is 28.0. The van der Waals surface area contributed by atoms with E-state index in [-0.39, 0.29) is 28.3 Å². The Morgan fingerprint density at radius 1 is 1.15 bits per heavy atom. The van der Waals surface area contributed by atoms with Gasteiger partial charge in [-0.1, -0.05) is 23.7 Å². The predicted octanol–water partition coefficient (Wildman–Crippen LogP) is 5.95. The van der Waals surface area contributed by atoms with Gasteiger partial charge in [-0.2, -0.15) is 0 Å². The van der Waals surface area contributed by atoms with Crippen LogP contribution in [0.2, 0.25) is 5.02 Å². The standard InChI is InChI=1S/C15H11BrCl2F2/c16-13-4-5-14(19)12(15(13)20)7-10(8-17)9-2-1-3-11(18)6-9/h1-6,10H,7-8H2. The van der Waals surface area contributed by atoms with Crippen LogP contribution in [0.25, 0.3) is 0 Å². The van der Waals surface area contributed by atoms with Crippen LogP contribution in [-0.4, -0.2) is 5.88 Å². The van der Waals surface area contributed by atoms with Gasteiger partial charge in [-0.25, -0.2) is 8.78 Å². The Hall–Kier alpha value is -0.640. The molecule has 0 aliphatic carbocycles. The molecular formula is C15H11BrCl2F2. The average Bonchev–Trinajstić information content (AvgIpc) is 2.43. The summed E-state index contributed by atoms with van der Waals surface area (Å²) in [5.74, 6) is -1.09. The average molecular weight is 380 g/mol. The summed E-state index contributed by atoms with van der Waals surface area (Å²) in [5, 5.41) is 0.577. The molecule has 0 aliphatic heterocycles. The van der Waals surface area contributed by atoms with E-state index in [4.69, 9.17) is 23.2 Å². The number of rotatable bonds is 4. The molecule has 2 rings (SSSR count). The lowest BCUT2D eigenvalue weighted by Crippen LogP contribution is -2.08. The summed E-state index contributed by atoms with van der Waals surface area (Å²) in [5.41, 5.74) is 0.899. The molecule has 0 spiro atoms. The molecule has 0 nitrogen and oxygen atoms in total. The SMILES string of the molecule is Fc1ccc(Br)c(F)c1CC(CCl)c1cccc(Cl)c1. The van der Waals surface area contributed by atoms with Gasteiger partial charge in [-0.15, -0.1) is 11.6 Å². The minimum Gasteiger partial charge on any atom is -0.207 e. The van der Waals surface area contributed by atoms with Crippen LogP contribution in [0, 0.1) is 11.6 Å². The number of benzene rings is 2. The van der Waals surface area contributed by atoms with E-state index in [1.165, 1.54) is 12.1 Å². The molecule has 0 saturated carbocycles. The smallest absolute Gasteiger partial charge is 0.143 e. The summed E-state index contributed by atoms with van der Waals surface area (Å²) in [6, 6.07) is 9.76. The highest BCUT2D eigenvalue weighted by Crippen LogP contribution is 2.29. The third-order valence-electron chi connectivity index (χ3n) is 3.10. The maximum Gasteiger partial charge on any atom is 0.143 e. The lowest BCUT2D eigenvalue weighted by Gasteiger charge is -2.16. The molecule has 1 unspecified atom stereocenters. The molecule has 5 heteroatoms. The molecule has 0 radical (unpaired) electrons. The van der Waals surface area contributed by atoms with E-state index in [0.717, 1.165) is 5.56 Å².